The molecule has 0 radical (unpaired) electrons. The topological polar surface area (TPSA) is 61.0 Å². The van der Waals surface area contributed by atoms with Crippen molar-refractivity contribution >= 4 is 23.1 Å². The van der Waals surface area contributed by atoms with Crippen molar-refractivity contribution in [3.63, 3.8) is 0 Å². The first-order chi connectivity index (χ1) is 14.7. The van der Waals surface area contributed by atoms with Crippen molar-refractivity contribution in [1.29, 1.82) is 0 Å². The lowest BCUT2D eigenvalue weighted by Crippen LogP contribution is -2.25. The zero-order valence-corrected chi connectivity index (χ0v) is 18.4. The minimum atomic E-state index is 0.0517. The molecule has 2 unspecified atom stereocenters. The quantitative estimate of drug-likeness (QED) is 0.385. The van der Waals surface area contributed by atoms with Gasteiger partial charge in [0.2, 0.25) is 6.41 Å². The Morgan fingerprint density at radius 1 is 1.17 bits per heavy atom. The standard InChI is InChI=1S/C25H34N4O/c1-4-6-10-16-29(15-5-2)20-13-14-23-24(17-20)28-25(27-23)19(3)21-11-8-7-9-12-22(21)26-18-30/h7-9,11-14,17-19,21H,4-6,10,15-16H2,1-3H3,(H,26,30)(H,27,28). The van der Waals surface area contributed by atoms with Gasteiger partial charge in [0.1, 0.15) is 5.82 Å². The summed E-state index contributed by atoms with van der Waals surface area (Å²) in [6, 6.07) is 6.53. The highest BCUT2D eigenvalue weighted by Gasteiger charge is 2.24. The Morgan fingerprint density at radius 3 is 2.80 bits per heavy atom. The van der Waals surface area contributed by atoms with Gasteiger partial charge in [-0.3, -0.25) is 4.79 Å². The predicted molar refractivity (Wildman–Crippen MR) is 126 cm³/mol. The fourth-order valence-electron chi connectivity index (χ4n) is 4.06. The SMILES string of the molecule is CCCCCN(CCC)c1ccc2nc(C(C)C3C=CC=CC=C3NC=O)[nH]c2c1. The summed E-state index contributed by atoms with van der Waals surface area (Å²) in [7, 11) is 0. The van der Waals surface area contributed by atoms with Crippen LogP contribution in [-0.4, -0.2) is 29.5 Å². The third-order valence-electron chi connectivity index (χ3n) is 5.75. The van der Waals surface area contributed by atoms with Gasteiger partial charge in [-0.2, -0.15) is 0 Å². The number of carbonyl (C=O) groups excluding carboxylic acids is 1. The number of amides is 1. The molecule has 0 saturated heterocycles. The maximum Gasteiger partial charge on any atom is 0.211 e. The zero-order valence-electron chi connectivity index (χ0n) is 18.4. The van der Waals surface area contributed by atoms with Crippen LogP contribution >= 0.6 is 0 Å². The molecule has 0 fully saturated rings. The van der Waals surface area contributed by atoms with Crippen LogP contribution in [0.5, 0.6) is 0 Å². The summed E-state index contributed by atoms with van der Waals surface area (Å²) in [4.78, 5) is 21.9. The molecule has 0 aliphatic heterocycles. The van der Waals surface area contributed by atoms with E-state index in [0.29, 0.717) is 0 Å². The molecule has 1 amide bonds. The number of H-pyrrole nitrogens is 1. The second-order valence-electron chi connectivity index (χ2n) is 7.99. The van der Waals surface area contributed by atoms with Crippen LogP contribution in [0.25, 0.3) is 11.0 Å². The molecular formula is C25H34N4O. The summed E-state index contributed by atoms with van der Waals surface area (Å²) < 4.78 is 0. The van der Waals surface area contributed by atoms with Crippen LogP contribution < -0.4 is 10.2 Å². The fraction of sp³-hybridized carbons (Fsp3) is 0.440. The van der Waals surface area contributed by atoms with Crippen molar-refractivity contribution < 1.29 is 4.79 Å². The van der Waals surface area contributed by atoms with Crippen LogP contribution in [0.4, 0.5) is 5.69 Å². The number of aromatic amines is 1. The summed E-state index contributed by atoms with van der Waals surface area (Å²) in [6.45, 7) is 8.78. The molecule has 1 heterocycles. The van der Waals surface area contributed by atoms with Gasteiger partial charge in [0.25, 0.3) is 0 Å². The Morgan fingerprint density at radius 2 is 2.03 bits per heavy atom. The summed E-state index contributed by atoms with van der Waals surface area (Å²) >= 11 is 0. The number of hydrogen-bond donors (Lipinski definition) is 2. The maximum atomic E-state index is 11.1. The third-order valence-corrected chi connectivity index (χ3v) is 5.75. The Bertz CT molecular complexity index is 924. The van der Waals surface area contributed by atoms with Gasteiger partial charge in [0.15, 0.2) is 0 Å². The van der Waals surface area contributed by atoms with Crippen LogP contribution in [0.1, 0.15) is 58.2 Å². The smallest absolute Gasteiger partial charge is 0.211 e. The summed E-state index contributed by atoms with van der Waals surface area (Å²) in [5.74, 6) is 1.09. The van der Waals surface area contributed by atoms with Crippen LogP contribution in [0.15, 0.2) is 54.3 Å². The van der Waals surface area contributed by atoms with E-state index in [4.69, 9.17) is 4.98 Å². The molecule has 1 aliphatic rings. The van der Waals surface area contributed by atoms with Gasteiger partial charge in [-0.1, -0.05) is 57.9 Å². The molecule has 0 saturated carbocycles. The second-order valence-corrected chi connectivity index (χ2v) is 7.99. The molecule has 1 aromatic carbocycles. The molecule has 1 aliphatic carbocycles. The number of benzene rings is 1. The van der Waals surface area contributed by atoms with Crippen molar-refractivity contribution in [2.75, 3.05) is 18.0 Å². The van der Waals surface area contributed by atoms with E-state index in [-0.39, 0.29) is 11.8 Å². The van der Waals surface area contributed by atoms with Crippen molar-refractivity contribution in [1.82, 2.24) is 15.3 Å². The monoisotopic (exact) mass is 406 g/mol. The van der Waals surface area contributed by atoms with Gasteiger partial charge in [-0.25, -0.2) is 4.98 Å². The van der Waals surface area contributed by atoms with E-state index in [1.165, 1.54) is 24.9 Å². The number of nitrogens with zero attached hydrogens (tertiary/aromatic N) is 2. The molecule has 5 nitrogen and oxygen atoms in total. The molecule has 2 aromatic rings. The molecule has 0 spiro atoms. The zero-order chi connectivity index (χ0) is 21.3. The number of carbonyl (C=O) groups is 1. The van der Waals surface area contributed by atoms with Gasteiger partial charge < -0.3 is 15.2 Å². The first kappa shape index (κ1) is 21.9. The first-order valence-electron chi connectivity index (χ1n) is 11.2. The van der Waals surface area contributed by atoms with Crippen LogP contribution in [-0.2, 0) is 4.79 Å². The number of fused-ring (bicyclic) bond motifs is 1. The minimum Gasteiger partial charge on any atom is -0.371 e. The number of nitrogens with one attached hydrogen (secondary N) is 2. The average molecular weight is 407 g/mol. The van der Waals surface area contributed by atoms with Crippen molar-refractivity contribution in [2.24, 2.45) is 5.92 Å². The van der Waals surface area contributed by atoms with Gasteiger partial charge >= 0.3 is 0 Å². The molecule has 2 atom stereocenters. The van der Waals surface area contributed by atoms with Crippen LogP contribution in [0.3, 0.4) is 0 Å². The lowest BCUT2D eigenvalue weighted by Gasteiger charge is -2.24. The minimum absolute atomic E-state index is 0.0517. The lowest BCUT2D eigenvalue weighted by atomic mass is 9.90. The van der Waals surface area contributed by atoms with E-state index >= 15 is 0 Å². The van der Waals surface area contributed by atoms with E-state index in [2.05, 4.69) is 60.2 Å². The lowest BCUT2D eigenvalue weighted by molar-refractivity contribution is -0.109. The van der Waals surface area contributed by atoms with Gasteiger partial charge in [-0.05, 0) is 37.1 Å². The van der Waals surface area contributed by atoms with Crippen LogP contribution in [0.2, 0.25) is 0 Å². The molecular weight excluding hydrogens is 372 g/mol. The third kappa shape index (κ3) is 5.21. The van der Waals surface area contributed by atoms with Gasteiger partial charge in [0.05, 0.1) is 11.0 Å². The van der Waals surface area contributed by atoms with Gasteiger partial charge in [-0.15, -0.1) is 0 Å². The molecule has 5 heteroatoms. The largest absolute Gasteiger partial charge is 0.371 e. The van der Waals surface area contributed by atoms with Gasteiger partial charge in [0, 0.05) is 36.3 Å². The number of aromatic nitrogens is 2. The number of imidazole rings is 1. The van der Waals surface area contributed by atoms with Crippen molar-refractivity contribution in [3.05, 3.63) is 60.1 Å². The molecule has 0 bridgehead atoms. The Labute approximate surface area is 180 Å². The van der Waals surface area contributed by atoms with E-state index in [9.17, 15) is 4.79 Å². The molecule has 2 N–H and O–H groups in total. The fourth-order valence-corrected chi connectivity index (χ4v) is 4.06. The van der Waals surface area contributed by atoms with E-state index in [1.54, 1.807) is 0 Å². The molecule has 3 rings (SSSR count). The van der Waals surface area contributed by atoms with E-state index in [1.807, 2.05) is 24.3 Å². The van der Waals surface area contributed by atoms with Crippen LogP contribution in [0, 0.1) is 5.92 Å². The average Bonchev–Trinajstić information content (AvgIpc) is 3.04. The number of unbranched alkanes of at least 4 members (excludes halogenated alkanes) is 2. The first-order valence-corrected chi connectivity index (χ1v) is 11.2. The number of anilines is 1. The number of rotatable bonds is 11. The van der Waals surface area contributed by atoms with Crippen molar-refractivity contribution in [2.45, 2.75) is 52.4 Å². The molecule has 1 aromatic heterocycles. The number of hydrogen-bond acceptors (Lipinski definition) is 3. The van der Waals surface area contributed by atoms with E-state index < -0.39 is 0 Å². The normalized spacial score (nSPS) is 16.9. The second kappa shape index (κ2) is 10.8. The number of allylic oxidation sites excluding steroid dienone is 5. The highest BCUT2D eigenvalue weighted by atomic mass is 16.1. The van der Waals surface area contributed by atoms with E-state index in [0.717, 1.165) is 48.5 Å². The summed E-state index contributed by atoms with van der Waals surface area (Å²) in [6.07, 6.45) is 15.6. The molecule has 30 heavy (non-hydrogen) atoms. The Balaban J connectivity index is 1.85. The Hall–Kier alpha value is -2.82. The van der Waals surface area contributed by atoms with Crippen molar-refractivity contribution in [3.8, 4) is 0 Å². The molecule has 160 valence electrons. The summed E-state index contributed by atoms with van der Waals surface area (Å²) in [5, 5.41) is 2.85. The maximum absolute atomic E-state index is 11.1. The predicted octanol–water partition coefficient (Wildman–Crippen LogP) is 5.45. The highest BCUT2D eigenvalue weighted by molar-refractivity contribution is 5.79. The Kier molecular flexibility index (Phi) is 7.89. The highest BCUT2D eigenvalue weighted by Crippen LogP contribution is 2.31. The summed E-state index contributed by atoms with van der Waals surface area (Å²) in [5.41, 5.74) is 4.18.